The lowest BCUT2D eigenvalue weighted by Crippen LogP contribution is -2.28. The Morgan fingerprint density at radius 2 is 1.80 bits per heavy atom. The molecule has 0 radical (unpaired) electrons. The molecule has 3 aromatic rings. The second-order valence-corrected chi connectivity index (χ2v) is 8.56. The molecule has 0 saturated carbocycles. The van der Waals surface area contributed by atoms with Crippen LogP contribution in [0.3, 0.4) is 0 Å². The lowest BCUT2D eigenvalue weighted by atomic mass is 9.84. The average molecular weight is 424 g/mol. The van der Waals surface area contributed by atoms with Gasteiger partial charge >= 0.3 is 0 Å². The van der Waals surface area contributed by atoms with Crippen LogP contribution in [0.5, 0.6) is 5.75 Å². The van der Waals surface area contributed by atoms with Gasteiger partial charge in [-0.15, -0.1) is 0 Å². The first-order valence-corrected chi connectivity index (χ1v) is 11.3. The summed E-state index contributed by atoms with van der Waals surface area (Å²) in [5.41, 5.74) is 2.89. The van der Waals surface area contributed by atoms with Gasteiger partial charge < -0.3 is 15.4 Å². The predicted molar refractivity (Wildman–Crippen MR) is 127 cm³/mol. The Balaban J connectivity index is 1.72. The van der Waals surface area contributed by atoms with E-state index in [1.54, 1.807) is 31.4 Å². The molecule has 2 aromatic heterocycles. The molecule has 0 saturated heterocycles. The van der Waals surface area contributed by atoms with E-state index in [9.17, 15) is 0 Å². The standard InChI is InChI=1S/C23H29N5OS/c1-23(2,18-7-5-6-8-20(18)29-3)15-26-22-14-19(27-16-28-22)17-9-10-24-21(13-17)25-11-12-30-4/h5-10,13-14,16H,11-12,15H2,1-4H3,(H,24,25)(H,26,27,28). The first-order valence-electron chi connectivity index (χ1n) is 9.92. The molecule has 0 fully saturated rings. The maximum Gasteiger partial charge on any atom is 0.129 e. The van der Waals surface area contributed by atoms with Gasteiger partial charge in [-0.05, 0) is 24.5 Å². The highest BCUT2D eigenvalue weighted by molar-refractivity contribution is 7.98. The van der Waals surface area contributed by atoms with E-state index in [-0.39, 0.29) is 5.41 Å². The predicted octanol–water partition coefficient (Wildman–Crippen LogP) is 4.71. The second-order valence-electron chi connectivity index (χ2n) is 7.58. The Morgan fingerprint density at radius 1 is 1.00 bits per heavy atom. The van der Waals surface area contributed by atoms with Crippen LogP contribution in [-0.2, 0) is 5.41 Å². The molecule has 0 aliphatic rings. The minimum absolute atomic E-state index is 0.136. The van der Waals surface area contributed by atoms with Crippen molar-refractivity contribution in [3.63, 3.8) is 0 Å². The van der Waals surface area contributed by atoms with Crippen molar-refractivity contribution < 1.29 is 4.74 Å². The number of ether oxygens (including phenoxy) is 1. The van der Waals surface area contributed by atoms with Gasteiger partial charge in [-0.2, -0.15) is 11.8 Å². The van der Waals surface area contributed by atoms with Gasteiger partial charge in [-0.3, -0.25) is 0 Å². The number of methoxy groups -OCH3 is 1. The number of hydrogen-bond donors (Lipinski definition) is 2. The van der Waals surface area contributed by atoms with Crippen molar-refractivity contribution in [2.75, 3.05) is 42.8 Å². The fourth-order valence-electron chi connectivity index (χ4n) is 3.19. The molecule has 2 N–H and O–H groups in total. The molecule has 0 aliphatic carbocycles. The van der Waals surface area contributed by atoms with Gasteiger partial charge in [-0.1, -0.05) is 32.0 Å². The highest BCUT2D eigenvalue weighted by Gasteiger charge is 2.24. The number of nitrogens with one attached hydrogen (secondary N) is 2. The summed E-state index contributed by atoms with van der Waals surface area (Å²) in [5, 5.41) is 6.80. The monoisotopic (exact) mass is 423 g/mol. The van der Waals surface area contributed by atoms with Crippen LogP contribution in [-0.4, -0.2) is 47.2 Å². The molecule has 6 nitrogen and oxygen atoms in total. The van der Waals surface area contributed by atoms with Gasteiger partial charge in [0.05, 0.1) is 12.8 Å². The quantitative estimate of drug-likeness (QED) is 0.458. The Morgan fingerprint density at radius 3 is 2.60 bits per heavy atom. The van der Waals surface area contributed by atoms with Crippen LogP contribution >= 0.6 is 11.8 Å². The Bertz CT molecular complexity index is 964. The molecule has 0 atom stereocenters. The van der Waals surface area contributed by atoms with Crippen molar-refractivity contribution in [2.45, 2.75) is 19.3 Å². The zero-order valence-corrected chi connectivity index (χ0v) is 18.8. The van der Waals surface area contributed by atoms with Gasteiger partial charge in [0.25, 0.3) is 0 Å². The molecule has 0 unspecified atom stereocenters. The Labute approximate surface area is 182 Å². The van der Waals surface area contributed by atoms with Crippen LogP contribution in [0.2, 0.25) is 0 Å². The van der Waals surface area contributed by atoms with Crippen LogP contribution < -0.4 is 15.4 Å². The number of aromatic nitrogens is 3. The third-order valence-corrected chi connectivity index (χ3v) is 5.50. The minimum atomic E-state index is -0.136. The number of rotatable bonds is 10. The van der Waals surface area contributed by atoms with E-state index in [2.05, 4.69) is 51.8 Å². The molecule has 158 valence electrons. The molecule has 1 aromatic carbocycles. The number of hydrogen-bond acceptors (Lipinski definition) is 7. The van der Waals surface area contributed by atoms with Gasteiger partial charge in [0.2, 0.25) is 0 Å². The lowest BCUT2D eigenvalue weighted by Gasteiger charge is -2.27. The molecular formula is C23H29N5OS. The van der Waals surface area contributed by atoms with E-state index in [4.69, 9.17) is 4.74 Å². The summed E-state index contributed by atoms with van der Waals surface area (Å²) in [6.07, 6.45) is 5.49. The smallest absolute Gasteiger partial charge is 0.129 e. The molecule has 0 amide bonds. The van der Waals surface area contributed by atoms with E-state index in [0.29, 0.717) is 6.54 Å². The fourth-order valence-corrected chi connectivity index (χ4v) is 3.50. The van der Waals surface area contributed by atoms with E-state index in [1.165, 1.54) is 0 Å². The van der Waals surface area contributed by atoms with Gasteiger partial charge in [0, 0.05) is 47.6 Å². The van der Waals surface area contributed by atoms with Gasteiger partial charge in [0.15, 0.2) is 0 Å². The fraction of sp³-hybridized carbons (Fsp3) is 0.348. The summed E-state index contributed by atoms with van der Waals surface area (Å²) in [7, 11) is 1.71. The number of nitrogens with zero attached hydrogens (tertiary/aromatic N) is 3. The highest BCUT2D eigenvalue weighted by Crippen LogP contribution is 2.31. The molecule has 7 heteroatoms. The van der Waals surface area contributed by atoms with Crippen LogP contribution in [0.1, 0.15) is 19.4 Å². The molecule has 2 heterocycles. The van der Waals surface area contributed by atoms with Crippen molar-refractivity contribution >= 4 is 23.4 Å². The molecule has 30 heavy (non-hydrogen) atoms. The molecule has 0 spiro atoms. The number of para-hydroxylation sites is 1. The molecule has 0 aliphatic heterocycles. The summed E-state index contributed by atoms with van der Waals surface area (Å²) < 4.78 is 5.54. The van der Waals surface area contributed by atoms with E-state index in [1.807, 2.05) is 36.4 Å². The maximum absolute atomic E-state index is 5.54. The third-order valence-electron chi connectivity index (χ3n) is 4.88. The van der Waals surface area contributed by atoms with Crippen LogP contribution in [0.15, 0.2) is 55.0 Å². The van der Waals surface area contributed by atoms with Crippen molar-refractivity contribution in [1.29, 1.82) is 0 Å². The Kier molecular flexibility index (Phi) is 7.52. The van der Waals surface area contributed by atoms with Crippen molar-refractivity contribution in [1.82, 2.24) is 15.0 Å². The van der Waals surface area contributed by atoms with Crippen LogP contribution in [0, 0.1) is 0 Å². The van der Waals surface area contributed by atoms with E-state index >= 15 is 0 Å². The second kappa shape index (κ2) is 10.3. The first-order chi connectivity index (χ1) is 14.5. The molecular weight excluding hydrogens is 394 g/mol. The van der Waals surface area contributed by atoms with Gasteiger partial charge in [-0.25, -0.2) is 15.0 Å². The van der Waals surface area contributed by atoms with Crippen molar-refractivity contribution in [3.05, 3.63) is 60.6 Å². The first kappa shape index (κ1) is 21.9. The topological polar surface area (TPSA) is 72.0 Å². The summed E-state index contributed by atoms with van der Waals surface area (Å²) in [6.45, 7) is 5.97. The summed E-state index contributed by atoms with van der Waals surface area (Å²) in [4.78, 5) is 13.2. The SMILES string of the molecule is COc1ccccc1C(C)(C)CNc1cc(-c2ccnc(NCCSC)c2)ncn1. The number of thioether (sulfide) groups is 1. The summed E-state index contributed by atoms with van der Waals surface area (Å²) >= 11 is 1.80. The largest absolute Gasteiger partial charge is 0.496 e. The number of pyridine rings is 1. The maximum atomic E-state index is 5.54. The van der Waals surface area contributed by atoms with E-state index in [0.717, 1.165) is 46.5 Å². The lowest BCUT2D eigenvalue weighted by molar-refractivity contribution is 0.395. The molecule has 3 rings (SSSR count). The zero-order valence-electron chi connectivity index (χ0n) is 18.0. The third kappa shape index (κ3) is 5.63. The highest BCUT2D eigenvalue weighted by atomic mass is 32.2. The molecule has 0 bridgehead atoms. The van der Waals surface area contributed by atoms with Crippen LogP contribution in [0.4, 0.5) is 11.6 Å². The Hall–Kier alpha value is -2.80. The van der Waals surface area contributed by atoms with Crippen LogP contribution in [0.25, 0.3) is 11.3 Å². The normalized spacial score (nSPS) is 11.2. The summed E-state index contributed by atoms with van der Waals surface area (Å²) in [5.74, 6) is 3.57. The van der Waals surface area contributed by atoms with Crippen molar-refractivity contribution in [2.24, 2.45) is 0 Å². The number of benzene rings is 1. The van der Waals surface area contributed by atoms with E-state index < -0.39 is 0 Å². The van der Waals surface area contributed by atoms with Crippen molar-refractivity contribution in [3.8, 4) is 17.0 Å². The average Bonchev–Trinajstić information content (AvgIpc) is 2.78. The minimum Gasteiger partial charge on any atom is -0.496 e. The summed E-state index contributed by atoms with van der Waals surface area (Å²) in [6, 6.07) is 14.1. The number of anilines is 2. The van der Waals surface area contributed by atoms with Gasteiger partial charge in [0.1, 0.15) is 23.7 Å². The zero-order chi connectivity index (χ0) is 21.4.